The Morgan fingerprint density at radius 2 is 1.83 bits per heavy atom. The minimum absolute atomic E-state index is 0.109. The van der Waals surface area contributed by atoms with Crippen LogP contribution in [0.4, 0.5) is 11.4 Å². The molecule has 23 heavy (non-hydrogen) atoms. The molecule has 0 heterocycles. The zero-order valence-corrected chi connectivity index (χ0v) is 13.2. The maximum absolute atomic E-state index is 12.4. The minimum Gasteiger partial charge on any atom is -0.389 e. The molecular weight excluding hydrogens is 292 g/mol. The first kappa shape index (κ1) is 16.7. The van der Waals surface area contributed by atoms with E-state index in [0.29, 0.717) is 28.9 Å². The topological polar surface area (TPSA) is 78.4 Å². The van der Waals surface area contributed by atoms with Crippen molar-refractivity contribution in [1.82, 2.24) is 0 Å². The fourth-order valence-corrected chi connectivity index (χ4v) is 2.16. The molecule has 2 amide bonds. The van der Waals surface area contributed by atoms with Crippen molar-refractivity contribution >= 4 is 23.2 Å². The van der Waals surface area contributed by atoms with Crippen LogP contribution >= 0.6 is 0 Å². The van der Waals surface area contributed by atoms with Crippen molar-refractivity contribution in [3.8, 4) is 0 Å². The summed E-state index contributed by atoms with van der Waals surface area (Å²) in [7, 11) is 0. The van der Waals surface area contributed by atoms with E-state index in [1.54, 1.807) is 62.4 Å². The lowest BCUT2D eigenvalue weighted by molar-refractivity contribution is -0.115. The smallest absolute Gasteiger partial charge is 0.255 e. The maximum atomic E-state index is 12.4. The molecule has 5 heteroatoms. The zero-order chi connectivity index (χ0) is 16.8. The van der Waals surface area contributed by atoms with Crippen LogP contribution in [0.1, 0.15) is 42.3 Å². The molecule has 2 aromatic rings. The Labute approximate surface area is 135 Å². The van der Waals surface area contributed by atoms with Gasteiger partial charge in [0.25, 0.3) is 5.91 Å². The quantitative estimate of drug-likeness (QED) is 0.792. The first-order valence-electron chi connectivity index (χ1n) is 7.49. The number of amides is 2. The molecular formula is C18H20N2O3. The highest BCUT2D eigenvalue weighted by atomic mass is 16.3. The molecule has 2 rings (SSSR count). The first-order valence-corrected chi connectivity index (χ1v) is 7.49. The van der Waals surface area contributed by atoms with Crippen LogP contribution < -0.4 is 10.6 Å². The van der Waals surface area contributed by atoms with Crippen molar-refractivity contribution in [2.75, 3.05) is 10.6 Å². The molecule has 3 N–H and O–H groups in total. The molecule has 5 nitrogen and oxygen atoms in total. The Kier molecular flexibility index (Phi) is 5.49. The molecule has 0 aromatic heterocycles. The maximum Gasteiger partial charge on any atom is 0.255 e. The number of anilines is 2. The number of aliphatic hydroxyl groups excluding tert-OH is 1. The van der Waals surface area contributed by atoms with E-state index >= 15 is 0 Å². The van der Waals surface area contributed by atoms with Gasteiger partial charge in [0.15, 0.2) is 0 Å². The summed E-state index contributed by atoms with van der Waals surface area (Å²) in [5.41, 5.74) is 2.22. The van der Waals surface area contributed by atoms with Crippen molar-refractivity contribution < 1.29 is 14.7 Å². The number of benzene rings is 2. The molecule has 0 saturated heterocycles. The summed E-state index contributed by atoms with van der Waals surface area (Å²) in [4.78, 5) is 23.8. The average Bonchev–Trinajstić information content (AvgIpc) is 2.55. The molecule has 1 unspecified atom stereocenters. The third-order valence-electron chi connectivity index (χ3n) is 3.39. The van der Waals surface area contributed by atoms with Crippen LogP contribution in [0.25, 0.3) is 0 Å². The Balaban J connectivity index is 2.18. The SMILES string of the molecule is CCC(=O)Nc1cccc(C(=O)Nc2ccccc2C(C)O)c1. The van der Waals surface area contributed by atoms with E-state index < -0.39 is 6.10 Å². The van der Waals surface area contributed by atoms with Gasteiger partial charge in [-0.1, -0.05) is 31.2 Å². The van der Waals surface area contributed by atoms with Crippen LogP contribution in [0.15, 0.2) is 48.5 Å². The van der Waals surface area contributed by atoms with Gasteiger partial charge in [-0.3, -0.25) is 9.59 Å². The average molecular weight is 312 g/mol. The number of hydrogen-bond donors (Lipinski definition) is 3. The molecule has 1 atom stereocenters. The van der Waals surface area contributed by atoms with E-state index in [-0.39, 0.29) is 11.8 Å². The second-order valence-electron chi connectivity index (χ2n) is 5.20. The summed E-state index contributed by atoms with van der Waals surface area (Å²) in [6.45, 7) is 3.41. The standard InChI is InChI=1S/C18H20N2O3/c1-3-17(22)19-14-8-6-7-13(11-14)18(23)20-16-10-5-4-9-15(16)12(2)21/h4-12,21H,3H2,1-2H3,(H,19,22)(H,20,23). The Hall–Kier alpha value is -2.66. The monoisotopic (exact) mass is 312 g/mol. The van der Waals surface area contributed by atoms with Crippen LogP contribution in [-0.4, -0.2) is 16.9 Å². The molecule has 120 valence electrons. The molecule has 0 saturated carbocycles. The molecule has 0 spiro atoms. The van der Waals surface area contributed by atoms with Crippen LogP contribution in [-0.2, 0) is 4.79 Å². The lowest BCUT2D eigenvalue weighted by Gasteiger charge is -2.13. The summed E-state index contributed by atoms with van der Waals surface area (Å²) in [5, 5.41) is 15.3. The van der Waals surface area contributed by atoms with Crippen molar-refractivity contribution in [3.05, 3.63) is 59.7 Å². The number of nitrogens with one attached hydrogen (secondary N) is 2. The van der Waals surface area contributed by atoms with E-state index in [2.05, 4.69) is 10.6 Å². The predicted octanol–water partition coefficient (Wildman–Crippen LogP) is 3.34. The van der Waals surface area contributed by atoms with Gasteiger partial charge in [0.05, 0.1) is 6.10 Å². The van der Waals surface area contributed by atoms with Crippen LogP contribution in [0, 0.1) is 0 Å². The minimum atomic E-state index is -0.679. The van der Waals surface area contributed by atoms with E-state index in [4.69, 9.17) is 0 Å². The van der Waals surface area contributed by atoms with Crippen molar-refractivity contribution in [3.63, 3.8) is 0 Å². The van der Waals surface area contributed by atoms with Crippen molar-refractivity contribution in [2.45, 2.75) is 26.4 Å². The van der Waals surface area contributed by atoms with Gasteiger partial charge in [-0.15, -0.1) is 0 Å². The molecule has 0 aliphatic rings. The van der Waals surface area contributed by atoms with E-state index in [0.717, 1.165) is 0 Å². The van der Waals surface area contributed by atoms with Crippen molar-refractivity contribution in [2.24, 2.45) is 0 Å². The summed E-state index contributed by atoms with van der Waals surface area (Å²) >= 11 is 0. The van der Waals surface area contributed by atoms with E-state index in [1.807, 2.05) is 0 Å². The largest absolute Gasteiger partial charge is 0.389 e. The molecule has 0 bridgehead atoms. The van der Waals surface area contributed by atoms with E-state index in [9.17, 15) is 14.7 Å². The van der Waals surface area contributed by atoms with Crippen LogP contribution in [0.3, 0.4) is 0 Å². The van der Waals surface area contributed by atoms with Gasteiger partial charge < -0.3 is 15.7 Å². The fourth-order valence-electron chi connectivity index (χ4n) is 2.16. The highest BCUT2D eigenvalue weighted by Crippen LogP contribution is 2.23. The molecule has 0 fully saturated rings. The molecule has 0 aliphatic carbocycles. The Morgan fingerprint density at radius 1 is 1.09 bits per heavy atom. The summed E-state index contributed by atoms with van der Waals surface area (Å²) in [5.74, 6) is -0.410. The number of carbonyl (C=O) groups excluding carboxylic acids is 2. The van der Waals surface area contributed by atoms with Gasteiger partial charge in [-0.05, 0) is 31.2 Å². The third kappa shape index (κ3) is 4.40. The van der Waals surface area contributed by atoms with Gasteiger partial charge in [0.2, 0.25) is 5.91 Å². The highest BCUT2D eigenvalue weighted by Gasteiger charge is 2.12. The van der Waals surface area contributed by atoms with Gasteiger partial charge >= 0.3 is 0 Å². The highest BCUT2D eigenvalue weighted by molar-refractivity contribution is 6.05. The molecule has 2 aromatic carbocycles. The summed E-state index contributed by atoms with van der Waals surface area (Å²) in [6.07, 6.45) is -0.306. The lowest BCUT2D eigenvalue weighted by Crippen LogP contribution is -2.15. The normalized spacial score (nSPS) is 11.6. The second-order valence-corrected chi connectivity index (χ2v) is 5.20. The van der Waals surface area contributed by atoms with Crippen molar-refractivity contribution in [1.29, 1.82) is 0 Å². The first-order chi connectivity index (χ1) is 11.0. The Bertz CT molecular complexity index is 711. The Morgan fingerprint density at radius 3 is 2.52 bits per heavy atom. The van der Waals surface area contributed by atoms with Gasteiger partial charge in [0.1, 0.15) is 0 Å². The summed E-state index contributed by atoms with van der Waals surface area (Å²) in [6, 6.07) is 13.8. The zero-order valence-electron chi connectivity index (χ0n) is 13.2. The molecule has 0 aliphatic heterocycles. The van der Waals surface area contributed by atoms with Gasteiger partial charge in [-0.2, -0.15) is 0 Å². The summed E-state index contributed by atoms with van der Waals surface area (Å²) < 4.78 is 0. The number of hydrogen-bond acceptors (Lipinski definition) is 3. The number of para-hydroxylation sites is 1. The van der Waals surface area contributed by atoms with Gasteiger partial charge in [-0.25, -0.2) is 0 Å². The van der Waals surface area contributed by atoms with Crippen LogP contribution in [0.2, 0.25) is 0 Å². The lowest BCUT2D eigenvalue weighted by atomic mass is 10.1. The van der Waals surface area contributed by atoms with Crippen LogP contribution in [0.5, 0.6) is 0 Å². The fraction of sp³-hybridized carbons (Fsp3) is 0.222. The third-order valence-corrected chi connectivity index (χ3v) is 3.39. The molecule has 0 radical (unpaired) electrons. The van der Waals surface area contributed by atoms with Gasteiger partial charge in [0, 0.05) is 28.9 Å². The van der Waals surface area contributed by atoms with E-state index in [1.165, 1.54) is 0 Å². The predicted molar refractivity (Wildman–Crippen MR) is 90.4 cm³/mol. The second kappa shape index (κ2) is 7.56. The number of rotatable bonds is 5. The number of carbonyl (C=O) groups is 2. The number of aliphatic hydroxyl groups is 1.